The van der Waals surface area contributed by atoms with Crippen LogP contribution in [-0.2, 0) is 4.74 Å². The van der Waals surface area contributed by atoms with Crippen molar-refractivity contribution in [2.45, 2.75) is 0 Å². The summed E-state index contributed by atoms with van der Waals surface area (Å²) in [6.07, 6.45) is 1.36. The van der Waals surface area contributed by atoms with Crippen LogP contribution in [0.3, 0.4) is 0 Å². The number of hydrogen-bond donors (Lipinski definition) is 1. The number of halogens is 2. The molecule has 0 spiro atoms. The lowest BCUT2D eigenvalue weighted by atomic mass is 10.2. The van der Waals surface area contributed by atoms with Crippen molar-refractivity contribution in [3.63, 3.8) is 0 Å². The topological polar surface area (TPSA) is 54.5 Å². The largest absolute Gasteiger partial charge is 0.383 e. The number of ether oxygens (including phenoxy) is 1. The van der Waals surface area contributed by atoms with E-state index in [1.165, 1.54) is 12.3 Å². The molecular formula is C12H17Cl2N3O2. The highest BCUT2D eigenvalue weighted by Gasteiger charge is 2.11. The molecule has 1 amide bonds. The standard InChI is InChI=1S/C12H17Cl2N3O2/c1-17(5-6-19-2)4-3-15-12(18)9-7-11(14)16-8-10(9)13/h7-8H,3-6H2,1-2H3,(H,15,18). The van der Waals surface area contributed by atoms with Crippen molar-refractivity contribution in [2.24, 2.45) is 0 Å². The SMILES string of the molecule is COCCN(C)CCNC(=O)c1cc(Cl)ncc1Cl. The van der Waals surface area contributed by atoms with Crippen LogP contribution in [0.25, 0.3) is 0 Å². The Kier molecular flexibility index (Phi) is 7.09. The number of methoxy groups -OCH3 is 1. The molecule has 0 saturated heterocycles. The summed E-state index contributed by atoms with van der Waals surface area (Å²) in [7, 11) is 3.62. The average molecular weight is 306 g/mol. The van der Waals surface area contributed by atoms with E-state index < -0.39 is 0 Å². The lowest BCUT2D eigenvalue weighted by molar-refractivity contribution is 0.0947. The number of nitrogens with zero attached hydrogens (tertiary/aromatic N) is 2. The normalized spacial score (nSPS) is 10.8. The van der Waals surface area contributed by atoms with Gasteiger partial charge >= 0.3 is 0 Å². The quantitative estimate of drug-likeness (QED) is 0.779. The molecule has 1 heterocycles. The maximum atomic E-state index is 11.9. The number of aromatic nitrogens is 1. The van der Waals surface area contributed by atoms with E-state index in [0.717, 1.165) is 13.1 Å². The number of amides is 1. The van der Waals surface area contributed by atoms with E-state index in [0.29, 0.717) is 18.7 Å². The molecule has 0 aliphatic rings. The fourth-order valence-corrected chi connectivity index (χ4v) is 1.75. The molecule has 1 aromatic heterocycles. The van der Waals surface area contributed by atoms with Crippen LogP contribution >= 0.6 is 23.2 Å². The van der Waals surface area contributed by atoms with Crippen LogP contribution in [0, 0.1) is 0 Å². The summed E-state index contributed by atoms with van der Waals surface area (Å²) < 4.78 is 4.97. The van der Waals surface area contributed by atoms with Gasteiger partial charge in [-0.1, -0.05) is 23.2 Å². The van der Waals surface area contributed by atoms with Crippen LogP contribution in [0.5, 0.6) is 0 Å². The number of likely N-dealkylation sites (N-methyl/N-ethyl adjacent to an activating group) is 1. The van der Waals surface area contributed by atoms with Gasteiger partial charge in [-0.05, 0) is 13.1 Å². The van der Waals surface area contributed by atoms with E-state index in [1.54, 1.807) is 7.11 Å². The molecule has 0 aliphatic carbocycles. The first-order chi connectivity index (χ1) is 9.04. The fraction of sp³-hybridized carbons (Fsp3) is 0.500. The van der Waals surface area contributed by atoms with Gasteiger partial charge in [0.2, 0.25) is 0 Å². The summed E-state index contributed by atoms with van der Waals surface area (Å²) in [4.78, 5) is 17.7. The molecular weight excluding hydrogens is 289 g/mol. The van der Waals surface area contributed by atoms with Crippen molar-refractivity contribution in [1.29, 1.82) is 0 Å². The van der Waals surface area contributed by atoms with Crippen LogP contribution in [-0.4, -0.2) is 56.2 Å². The van der Waals surface area contributed by atoms with Crippen molar-refractivity contribution in [1.82, 2.24) is 15.2 Å². The van der Waals surface area contributed by atoms with Crippen molar-refractivity contribution in [2.75, 3.05) is 40.4 Å². The Morgan fingerprint density at radius 1 is 1.47 bits per heavy atom. The second-order valence-corrected chi connectivity index (χ2v) is 4.83. The van der Waals surface area contributed by atoms with E-state index in [9.17, 15) is 4.79 Å². The number of carbonyl (C=O) groups excluding carboxylic acids is 1. The van der Waals surface area contributed by atoms with Gasteiger partial charge in [-0.3, -0.25) is 4.79 Å². The summed E-state index contributed by atoms with van der Waals surface area (Å²) in [6.45, 7) is 2.73. The molecule has 19 heavy (non-hydrogen) atoms. The van der Waals surface area contributed by atoms with Gasteiger partial charge in [-0.2, -0.15) is 0 Å². The number of carbonyl (C=O) groups is 1. The molecule has 0 aromatic carbocycles. The van der Waals surface area contributed by atoms with Gasteiger partial charge in [-0.25, -0.2) is 4.98 Å². The van der Waals surface area contributed by atoms with E-state index in [4.69, 9.17) is 27.9 Å². The highest BCUT2D eigenvalue weighted by molar-refractivity contribution is 6.35. The van der Waals surface area contributed by atoms with Crippen molar-refractivity contribution >= 4 is 29.1 Å². The summed E-state index contributed by atoms with van der Waals surface area (Å²) >= 11 is 11.6. The molecule has 0 radical (unpaired) electrons. The summed E-state index contributed by atoms with van der Waals surface area (Å²) in [5.74, 6) is -0.255. The minimum atomic E-state index is -0.255. The van der Waals surface area contributed by atoms with Gasteiger partial charge in [0.15, 0.2) is 0 Å². The van der Waals surface area contributed by atoms with Gasteiger partial charge < -0.3 is 15.0 Å². The minimum absolute atomic E-state index is 0.242. The molecule has 0 unspecified atom stereocenters. The molecule has 0 aliphatic heterocycles. The molecule has 0 fully saturated rings. The Hall–Kier alpha value is -0.880. The van der Waals surface area contributed by atoms with Gasteiger partial charge in [0.25, 0.3) is 5.91 Å². The average Bonchev–Trinajstić information content (AvgIpc) is 2.39. The zero-order chi connectivity index (χ0) is 14.3. The third-order valence-electron chi connectivity index (χ3n) is 2.52. The summed E-state index contributed by atoms with van der Waals surface area (Å²) in [6, 6.07) is 1.45. The van der Waals surface area contributed by atoms with Crippen molar-refractivity contribution in [3.8, 4) is 0 Å². The minimum Gasteiger partial charge on any atom is -0.383 e. The first kappa shape index (κ1) is 16.2. The van der Waals surface area contributed by atoms with Gasteiger partial charge in [-0.15, -0.1) is 0 Å². The van der Waals surface area contributed by atoms with E-state index >= 15 is 0 Å². The van der Waals surface area contributed by atoms with E-state index in [2.05, 4.69) is 15.2 Å². The predicted molar refractivity (Wildman–Crippen MR) is 76.0 cm³/mol. The molecule has 1 N–H and O–H groups in total. The number of pyridine rings is 1. The lowest BCUT2D eigenvalue weighted by Crippen LogP contribution is -2.34. The second kappa shape index (κ2) is 8.32. The summed E-state index contributed by atoms with van der Waals surface area (Å²) in [5.41, 5.74) is 0.334. The highest BCUT2D eigenvalue weighted by Crippen LogP contribution is 2.17. The molecule has 106 valence electrons. The monoisotopic (exact) mass is 305 g/mol. The van der Waals surface area contributed by atoms with Gasteiger partial charge in [0, 0.05) is 32.9 Å². The molecule has 0 bridgehead atoms. The lowest BCUT2D eigenvalue weighted by Gasteiger charge is -2.16. The summed E-state index contributed by atoms with van der Waals surface area (Å²) in [5, 5.41) is 3.31. The Bertz CT molecular complexity index is 429. The third kappa shape index (κ3) is 5.74. The smallest absolute Gasteiger partial charge is 0.253 e. The van der Waals surface area contributed by atoms with Crippen molar-refractivity contribution < 1.29 is 9.53 Å². The van der Waals surface area contributed by atoms with Crippen LogP contribution in [0.2, 0.25) is 10.2 Å². The first-order valence-corrected chi connectivity index (χ1v) is 6.57. The zero-order valence-corrected chi connectivity index (χ0v) is 12.5. The van der Waals surface area contributed by atoms with Crippen LogP contribution in [0.1, 0.15) is 10.4 Å². The van der Waals surface area contributed by atoms with Crippen molar-refractivity contribution in [3.05, 3.63) is 28.0 Å². The maximum Gasteiger partial charge on any atom is 0.253 e. The Morgan fingerprint density at radius 2 is 2.21 bits per heavy atom. The molecule has 0 atom stereocenters. The Labute approximate surface area is 122 Å². The van der Waals surface area contributed by atoms with E-state index in [-0.39, 0.29) is 16.1 Å². The Morgan fingerprint density at radius 3 is 2.89 bits per heavy atom. The highest BCUT2D eigenvalue weighted by atomic mass is 35.5. The molecule has 7 heteroatoms. The molecule has 1 aromatic rings. The number of nitrogens with one attached hydrogen (secondary N) is 1. The van der Waals surface area contributed by atoms with Crippen LogP contribution in [0.15, 0.2) is 12.3 Å². The van der Waals surface area contributed by atoms with E-state index in [1.807, 2.05) is 7.05 Å². The predicted octanol–water partition coefficient (Wildman–Crippen LogP) is 1.70. The molecule has 1 rings (SSSR count). The fourth-order valence-electron chi connectivity index (χ4n) is 1.40. The maximum absolute atomic E-state index is 11.9. The molecule has 5 nitrogen and oxygen atoms in total. The number of rotatable bonds is 7. The number of hydrogen-bond acceptors (Lipinski definition) is 4. The van der Waals surface area contributed by atoms with Gasteiger partial charge in [0.05, 0.1) is 17.2 Å². The second-order valence-electron chi connectivity index (χ2n) is 4.04. The zero-order valence-electron chi connectivity index (χ0n) is 10.9. The Balaban J connectivity index is 2.41. The first-order valence-electron chi connectivity index (χ1n) is 5.81. The van der Waals surface area contributed by atoms with Crippen LogP contribution in [0.4, 0.5) is 0 Å². The molecule has 0 saturated carbocycles. The third-order valence-corrected chi connectivity index (χ3v) is 3.03. The van der Waals surface area contributed by atoms with Crippen LogP contribution < -0.4 is 5.32 Å². The van der Waals surface area contributed by atoms with Gasteiger partial charge in [0.1, 0.15) is 5.15 Å².